The third kappa shape index (κ3) is 3.11. The van der Waals surface area contributed by atoms with Crippen LogP contribution in [-0.4, -0.2) is 5.91 Å². The second kappa shape index (κ2) is 4.45. The highest BCUT2D eigenvalue weighted by Crippen LogP contribution is 2.04. The lowest BCUT2D eigenvalue weighted by Gasteiger charge is -1.97. The van der Waals surface area contributed by atoms with Gasteiger partial charge in [-0.15, -0.1) is 0 Å². The van der Waals surface area contributed by atoms with Gasteiger partial charge in [-0.2, -0.15) is 0 Å². The van der Waals surface area contributed by atoms with Gasteiger partial charge < -0.3 is 0 Å². The lowest BCUT2D eigenvalue weighted by molar-refractivity contribution is -0.120. The molecule has 1 rings (SSSR count). The van der Waals surface area contributed by atoms with Crippen LogP contribution in [0, 0.1) is 5.92 Å². The van der Waals surface area contributed by atoms with Crippen LogP contribution in [0.25, 0.3) is 6.08 Å². The standard InChI is InChI=1S/C11H12NO/c1-9(11(12)13)7-8-10-5-3-2-4-6-10/h2-9,12H,1H3. The summed E-state index contributed by atoms with van der Waals surface area (Å²) in [4.78, 5) is 10.6. The fraction of sp³-hybridized carbons (Fsp3) is 0.182. The summed E-state index contributed by atoms with van der Waals surface area (Å²) in [6.07, 6.45) is 3.60. The van der Waals surface area contributed by atoms with Crippen LogP contribution in [0.2, 0.25) is 0 Å². The molecule has 2 heteroatoms. The molecule has 13 heavy (non-hydrogen) atoms. The molecule has 1 unspecified atom stereocenters. The van der Waals surface area contributed by atoms with E-state index in [1.54, 1.807) is 13.0 Å². The van der Waals surface area contributed by atoms with Gasteiger partial charge in [0.25, 0.3) is 0 Å². The lowest BCUT2D eigenvalue weighted by Crippen LogP contribution is -2.07. The maximum absolute atomic E-state index is 10.6. The van der Waals surface area contributed by atoms with Gasteiger partial charge in [0.1, 0.15) is 0 Å². The molecule has 0 aromatic heterocycles. The Morgan fingerprint density at radius 1 is 1.38 bits per heavy atom. The summed E-state index contributed by atoms with van der Waals surface area (Å²) < 4.78 is 0. The molecule has 0 fully saturated rings. The van der Waals surface area contributed by atoms with Crippen molar-refractivity contribution in [2.45, 2.75) is 6.92 Å². The molecule has 0 bridgehead atoms. The van der Waals surface area contributed by atoms with Gasteiger partial charge in [0.05, 0.1) is 5.92 Å². The van der Waals surface area contributed by atoms with Crippen molar-refractivity contribution in [2.75, 3.05) is 0 Å². The van der Waals surface area contributed by atoms with Crippen LogP contribution in [0.4, 0.5) is 0 Å². The number of hydrogen-bond acceptors (Lipinski definition) is 1. The topological polar surface area (TPSA) is 40.9 Å². The van der Waals surface area contributed by atoms with Gasteiger partial charge in [0.2, 0.25) is 5.91 Å². The molecule has 1 aromatic carbocycles. The third-order valence-electron chi connectivity index (χ3n) is 1.79. The van der Waals surface area contributed by atoms with Crippen molar-refractivity contribution in [1.29, 1.82) is 0 Å². The Balaban J connectivity index is 2.64. The summed E-state index contributed by atoms with van der Waals surface area (Å²) in [5.74, 6) is -0.868. The normalized spacial score (nSPS) is 13.0. The fourth-order valence-electron chi connectivity index (χ4n) is 0.907. The number of carbonyl (C=O) groups is 1. The van der Waals surface area contributed by atoms with Crippen LogP contribution >= 0.6 is 0 Å². The van der Waals surface area contributed by atoms with E-state index in [-0.39, 0.29) is 5.92 Å². The van der Waals surface area contributed by atoms with E-state index in [1.165, 1.54) is 0 Å². The zero-order valence-corrected chi connectivity index (χ0v) is 7.53. The summed E-state index contributed by atoms with van der Waals surface area (Å²) in [5, 5.41) is 0. The van der Waals surface area contributed by atoms with Crippen molar-refractivity contribution >= 4 is 12.0 Å². The molecule has 1 radical (unpaired) electrons. The van der Waals surface area contributed by atoms with Gasteiger partial charge in [-0.1, -0.05) is 49.4 Å². The van der Waals surface area contributed by atoms with Crippen molar-refractivity contribution in [1.82, 2.24) is 5.73 Å². The first kappa shape index (κ1) is 9.52. The van der Waals surface area contributed by atoms with E-state index in [9.17, 15) is 4.79 Å². The van der Waals surface area contributed by atoms with E-state index in [2.05, 4.69) is 0 Å². The molecule has 0 saturated carbocycles. The van der Waals surface area contributed by atoms with Crippen molar-refractivity contribution in [2.24, 2.45) is 5.92 Å². The maximum Gasteiger partial charge on any atom is 0.245 e. The molecule has 0 heterocycles. The van der Waals surface area contributed by atoms with E-state index in [1.807, 2.05) is 36.4 Å². The van der Waals surface area contributed by atoms with E-state index in [4.69, 9.17) is 5.73 Å². The number of rotatable bonds is 3. The molecule has 0 aliphatic rings. The quantitative estimate of drug-likeness (QED) is 0.692. The highest BCUT2D eigenvalue weighted by Gasteiger charge is 2.03. The van der Waals surface area contributed by atoms with Gasteiger partial charge in [0, 0.05) is 0 Å². The predicted molar refractivity (Wildman–Crippen MR) is 52.7 cm³/mol. The third-order valence-corrected chi connectivity index (χ3v) is 1.79. The summed E-state index contributed by atoms with van der Waals surface area (Å²) in [6.45, 7) is 1.72. The smallest absolute Gasteiger partial charge is 0.245 e. The van der Waals surface area contributed by atoms with Crippen LogP contribution in [0.15, 0.2) is 36.4 Å². The summed E-state index contributed by atoms with van der Waals surface area (Å²) in [6, 6.07) is 9.73. The Kier molecular flexibility index (Phi) is 3.26. The van der Waals surface area contributed by atoms with E-state index >= 15 is 0 Å². The summed E-state index contributed by atoms with van der Waals surface area (Å²) >= 11 is 0. The first-order valence-electron chi connectivity index (χ1n) is 4.19. The monoisotopic (exact) mass is 174 g/mol. The minimum atomic E-state index is -0.549. The van der Waals surface area contributed by atoms with Crippen LogP contribution in [0.5, 0.6) is 0 Å². The zero-order valence-electron chi connectivity index (χ0n) is 7.53. The highest BCUT2D eigenvalue weighted by atomic mass is 16.1. The van der Waals surface area contributed by atoms with E-state index in [0.717, 1.165) is 5.56 Å². The molecule has 1 atom stereocenters. The molecule has 0 spiro atoms. The summed E-state index contributed by atoms with van der Waals surface area (Å²) in [5.41, 5.74) is 7.91. The second-order valence-corrected chi connectivity index (χ2v) is 2.92. The fourth-order valence-corrected chi connectivity index (χ4v) is 0.907. The van der Waals surface area contributed by atoms with Crippen LogP contribution in [0.3, 0.4) is 0 Å². The van der Waals surface area contributed by atoms with Gasteiger partial charge in [-0.05, 0) is 5.56 Å². The number of carbonyl (C=O) groups excluding carboxylic acids is 1. The Morgan fingerprint density at radius 3 is 2.54 bits per heavy atom. The Hall–Kier alpha value is -1.57. The van der Waals surface area contributed by atoms with Crippen molar-refractivity contribution in [3.05, 3.63) is 42.0 Å². The highest BCUT2D eigenvalue weighted by molar-refractivity contribution is 5.78. The minimum Gasteiger partial charge on any atom is -0.273 e. The molecule has 0 saturated heterocycles. The van der Waals surface area contributed by atoms with Gasteiger partial charge in [-0.25, -0.2) is 0 Å². The Morgan fingerprint density at radius 2 is 2.00 bits per heavy atom. The predicted octanol–water partition coefficient (Wildman–Crippen LogP) is 2.15. The molecular formula is C11H12NO. The minimum absolute atomic E-state index is 0.319. The molecule has 0 aliphatic heterocycles. The molecule has 67 valence electrons. The van der Waals surface area contributed by atoms with Crippen LogP contribution in [0.1, 0.15) is 12.5 Å². The zero-order chi connectivity index (χ0) is 9.68. The van der Waals surface area contributed by atoms with E-state index in [0.29, 0.717) is 0 Å². The largest absolute Gasteiger partial charge is 0.273 e. The van der Waals surface area contributed by atoms with E-state index < -0.39 is 5.91 Å². The number of amides is 1. The number of benzene rings is 1. The van der Waals surface area contributed by atoms with Gasteiger partial charge in [-0.3, -0.25) is 10.5 Å². The summed E-state index contributed by atoms with van der Waals surface area (Å²) in [7, 11) is 0. The van der Waals surface area contributed by atoms with Crippen molar-refractivity contribution in [3.8, 4) is 0 Å². The Bertz CT molecular complexity index is 303. The molecule has 0 aliphatic carbocycles. The van der Waals surface area contributed by atoms with Crippen molar-refractivity contribution in [3.63, 3.8) is 0 Å². The number of hydrogen-bond donors (Lipinski definition) is 0. The van der Waals surface area contributed by atoms with Gasteiger partial charge in [0.15, 0.2) is 0 Å². The maximum atomic E-state index is 10.6. The first-order valence-corrected chi connectivity index (χ1v) is 4.19. The molecule has 2 nitrogen and oxygen atoms in total. The van der Waals surface area contributed by atoms with Crippen LogP contribution in [-0.2, 0) is 4.79 Å². The second-order valence-electron chi connectivity index (χ2n) is 2.92. The molecule has 1 amide bonds. The lowest BCUT2D eigenvalue weighted by atomic mass is 10.1. The van der Waals surface area contributed by atoms with Crippen LogP contribution < -0.4 is 5.73 Å². The number of nitrogens with one attached hydrogen (secondary N) is 1. The average molecular weight is 174 g/mol. The first-order chi connectivity index (χ1) is 6.20. The van der Waals surface area contributed by atoms with Crippen molar-refractivity contribution < 1.29 is 4.79 Å². The average Bonchev–Trinajstić information content (AvgIpc) is 2.15. The SMILES string of the molecule is CC(C=Cc1ccccc1)C([NH])=O. The molecular weight excluding hydrogens is 162 g/mol. The Labute approximate surface area is 78.1 Å². The molecule has 1 aromatic rings. The van der Waals surface area contributed by atoms with Gasteiger partial charge >= 0.3 is 0 Å². The molecule has 1 N–H and O–H groups in total.